The molecular weight excluding hydrogens is 231 g/mol. The van der Waals surface area contributed by atoms with Gasteiger partial charge in [0.25, 0.3) is 0 Å². The summed E-state index contributed by atoms with van der Waals surface area (Å²) >= 11 is 0. The number of carbonyl (C=O) groups is 1. The molecule has 0 saturated carbocycles. The maximum atomic E-state index is 13.0. The predicted molar refractivity (Wildman–Crippen MR) is 68.7 cm³/mol. The SMILES string of the molecule is CC1CNCC(NC(=O)Cc2cccc(F)c2)C1. The first kappa shape index (κ1) is 13.0. The van der Waals surface area contributed by atoms with Crippen LogP contribution >= 0.6 is 0 Å². The van der Waals surface area contributed by atoms with Crippen molar-refractivity contribution in [3.63, 3.8) is 0 Å². The molecule has 0 bridgehead atoms. The van der Waals surface area contributed by atoms with E-state index in [1.165, 1.54) is 12.1 Å². The highest BCUT2D eigenvalue weighted by Crippen LogP contribution is 2.10. The van der Waals surface area contributed by atoms with Gasteiger partial charge in [-0.05, 0) is 36.6 Å². The van der Waals surface area contributed by atoms with Crippen LogP contribution in [0.2, 0.25) is 0 Å². The van der Waals surface area contributed by atoms with E-state index >= 15 is 0 Å². The van der Waals surface area contributed by atoms with Crippen LogP contribution in [0.15, 0.2) is 24.3 Å². The Morgan fingerprint density at radius 1 is 1.50 bits per heavy atom. The molecule has 0 aliphatic carbocycles. The Balaban J connectivity index is 1.85. The normalized spacial score (nSPS) is 23.7. The highest BCUT2D eigenvalue weighted by Gasteiger charge is 2.19. The zero-order valence-electron chi connectivity index (χ0n) is 10.6. The lowest BCUT2D eigenvalue weighted by Gasteiger charge is -2.28. The van der Waals surface area contributed by atoms with Gasteiger partial charge >= 0.3 is 0 Å². The van der Waals surface area contributed by atoms with Gasteiger partial charge < -0.3 is 10.6 Å². The maximum absolute atomic E-state index is 13.0. The van der Waals surface area contributed by atoms with Crippen molar-refractivity contribution in [2.75, 3.05) is 13.1 Å². The highest BCUT2D eigenvalue weighted by atomic mass is 19.1. The van der Waals surface area contributed by atoms with E-state index in [2.05, 4.69) is 17.6 Å². The van der Waals surface area contributed by atoms with E-state index in [1.807, 2.05) is 0 Å². The van der Waals surface area contributed by atoms with Crippen molar-refractivity contribution in [1.82, 2.24) is 10.6 Å². The van der Waals surface area contributed by atoms with E-state index in [0.29, 0.717) is 11.5 Å². The van der Waals surface area contributed by atoms with Gasteiger partial charge in [-0.3, -0.25) is 4.79 Å². The van der Waals surface area contributed by atoms with Crippen LogP contribution < -0.4 is 10.6 Å². The molecule has 1 fully saturated rings. The fourth-order valence-electron chi connectivity index (χ4n) is 2.38. The molecule has 1 saturated heterocycles. The van der Waals surface area contributed by atoms with Crippen molar-refractivity contribution >= 4 is 5.91 Å². The van der Waals surface area contributed by atoms with Crippen LogP contribution in [0.4, 0.5) is 4.39 Å². The molecule has 2 unspecified atom stereocenters. The molecule has 0 radical (unpaired) electrons. The zero-order valence-corrected chi connectivity index (χ0v) is 10.6. The van der Waals surface area contributed by atoms with Crippen LogP contribution in [0.3, 0.4) is 0 Å². The van der Waals surface area contributed by atoms with Crippen LogP contribution in [-0.4, -0.2) is 25.0 Å². The van der Waals surface area contributed by atoms with Gasteiger partial charge in [-0.2, -0.15) is 0 Å². The van der Waals surface area contributed by atoms with Crippen molar-refractivity contribution in [3.8, 4) is 0 Å². The molecule has 1 aromatic rings. The number of piperidine rings is 1. The zero-order chi connectivity index (χ0) is 13.0. The molecule has 0 aromatic heterocycles. The van der Waals surface area contributed by atoms with Crippen molar-refractivity contribution in [2.24, 2.45) is 5.92 Å². The lowest BCUT2D eigenvalue weighted by Crippen LogP contribution is -2.48. The summed E-state index contributed by atoms with van der Waals surface area (Å²) < 4.78 is 13.0. The molecule has 98 valence electrons. The standard InChI is InChI=1S/C14H19FN2O/c1-10-5-13(9-16-8-10)17-14(18)7-11-3-2-4-12(15)6-11/h2-4,6,10,13,16H,5,7-9H2,1H3,(H,17,18). The van der Waals surface area contributed by atoms with Gasteiger partial charge in [-0.1, -0.05) is 19.1 Å². The van der Waals surface area contributed by atoms with E-state index in [9.17, 15) is 9.18 Å². The van der Waals surface area contributed by atoms with Gasteiger partial charge in [-0.25, -0.2) is 4.39 Å². The minimum atomic E-state index is -0.298. The van der Waals surface area contributed by atoms with Gasteiger partial charge in [0.2, 0.25) is 5.91 Å². The first-order chi connectivity index (χ1) is 8.63. The summed E-state index contributed by atoms with van der Waals surface area (Å²) in [6.45, 7) is 3.99. The Morgan fingerprint density at radius 2 is 2.33 bits per heavy atom. The number of benzene rings is 1. The molecule has 1 aliphatic rings. The summed E-state index contributed by atoms with van der Waals surface area (Å²) in [6.07, 6.45) is 1.24. The fraction of sp³-hybridized carbons (Fsp3) is 0.500. The number of rotatable bonds is 3. The second-order valence-corrected chi connectivity index (χ2v) is 5.07. The molecule has 1 amide bonds. The van der Waals surface area contributed by atoms with Crippen molar-refractivity contribution < 1.29 is 9.18 Å². The first-order valence-electron chi connectivity index (χ1n) is 6.38. The number of carbonyl (C=O) groups excluding carboxylic acids is 1. The topological polar surface area (TPSA) is 41.1 Å². The monoisotopic (exact) mass is 250 g/mol. The summed E-state index contributed by atoms with van der Waals surface area (Å²) in [5.74, 6) is 0.243. The number of hydrogen-bond acceptors (Lipinski definition) is 2. The van der Waals surface area contributed by atoms with Crippen molar-refractivity contribution in [1.29, 1.82) is 0 Å². The summed E-state index contributed by atoms with van der Waals surface area (Å²) in [5.41, 5.74) is 0.712. The molecule has 18 heavy (non-hydrogen) atoms. The fourth-order valence-corrected chi connectivity index (χ4v) is 2.38. The molecular formula is C14H19FN2O. The Bertz CT molecular complexity index is 422. The predicted octanol–water partition coefficient (Wildman–Crippen LogP) is 1.48. The molecule has 1 aliphatic heterocycles. The third-order valence-corrected chi connectivity index (χ3v) is 3.19. The minimum Gasteiger partial charge on any atom is -0.352 e. The van der Waals surface area contributed by atoms with Gasteiger partial charge in [0.1, 0.15) is 5.82 Å². The highest BCUT2D eigenvalue weighted by molar-refractivity contribution is 5.78. The number of hydrogen-bond donors (Lipinski definition) is 2. The van der Waals surface area contributed by atoms with Crippen LogP contribution in [0.25, 0.3) is 0 Å². The van der Waals surface area contributed by atoms with Crippen molar-refractivity contribution in [3.05, 3.63) is 35.6 Å². The lowest BCUT2D eigenvalue weighted by molar-refractivity contribution is -0.121. The van der Waals surface area contributed by atoms with Crippen LogP contribution in [0.5, 0.6) is 0 Å². The number of halogens is 1. The van der Waals surface area contributed by atoms with Gasteiger partial charge in [0, 0.05) is 12.6 Å². The van der Waals surface area contributed by atoms with Gasteiger partial charge in [0.15, 0.2) is 0 Å². The molecule has 2 atom stereocenters. The Labute approximate surface area is 107 Å². The molecule has 0 spiro atoms. The van der Waals surface area contributed by atoms with Crippen LogP contribution in [0.1, 0.15) is 18.9 Å². The molecule has 2 N–H and O–H groups in total. The van der Waals surface area contributed by atoms with E-state index in [1.54, 1.807) is 12.1 Å². The van der Waals surface area contributed by atoms with E-state index < -0.39 is 0 Å². The third kappa shape index (κ3) is 3.81. The first-order valence-corrected chi connectivity index (χ1v) is 6.38. The van der Waals surface area contributed by atoms with E-state index in [0.717, 1.165) is 19.5 Å². The maximum Gasteiger partial charge on any atom is 0.224 e. The second kappa shape index (κ2) is 5.96. The average Bonchev–Trinajstić information content (AvgIpc) is 2.28. The van der Waals surface area contributed by atoms with Crippen molar-refractivity contribution in [2.45, 2.75) is 25.8 Å². The van der Waals surface area contributed by atoms with Gasteiger partial charge in [-0.15, -0.1) is 0 Å². The Morgan fingerprint density at radius 3 is 3.06 bits per heavy atom. The van der Waals surface area contributed by atoms with E-state index in [-0.39, 0.29) is 24.2 Å². The lowest BCUT2D eigenvalue weighted by atomic mass is 9.97. The van der Waals surface area contributed by atoms with Crippen LogP contribution in [-0.2, 0) is 11.2 Å². The Hall–Kier alpha value is -1.42. The molecule has 1 heterocycles. The largest absolute Gasteiger partial charge is 0.352 e. The Kier molecular flexibility index (Phi) is 4.31. The summed E-state index contributed by atoms with van der Waals surface area (Å²) in [4.78, 5) is 11.8. The third-order valence-electron chi connectivity index (χ3n) is 3.19. The summed E-state index contributed by atoms with van der Waals surface area (Å²) in [6, 6.07) is 6.37. The molecule has 4 heteroatoms. The second-order valence-electron chi connectivity index (χ2n) is 5.07. The van der Waals surface area contributed by atoms with E-state index in [4.69, 9.17) is 0 Å². The van der Waals surface area contributed by atoms with Crippen LogP contribution in [0, 0.1) is 11.7 Å². The number of nitrogens with one attached hydrogen (secondary N) is 2. The smallest absolute Gasteiger partial charge is 0.224 e. The minimum absolute atomic E-state index is 0.0403. The van der Waals surface area contributed by atoms with Gasteiger partial charge in [0.05, 0.1) is 6.42 Å². The molecule has 2 rings (SSSR count). The molecule has 1 aromatic carbocycles. The summed E-state index contributed by atoms with van der Waals surface area (Å²) in [5, 5.41) is 6.28. The quantitative estimate of drug-likeness (QED) is 0.853. The summed E-state index contributed by atoms with van der Waals surface area (Å²) in [7, 11) is 0. The number of amides is 1. The average molecular weight is 250 g/mol. The molecule has 3 nitrogen and oxygen atoms in total.